The second-order valence-corrected chi connectivity index (χ2v) is 9.07. The van der Waals surface area contributed by atoms with Crippen molar-refractivity contribution in [1.82, 2.24) is 9.21 Å². The minimum Gasteiger partial charge on any atom is -0.280 e. The molecule has 0 bridgehead atoms. The highest BCUT2D eigenvalue weighted by Gasteiger charge is 2.37. The largest absolute Gasteiger partial charge is 0.280 e. The summed E-state index contributed by atoms with van der Waals surface area (Å²) in [6.07, 6.45) is 2.94. The molecule has 1 atom stereocenters. The summed E-state index contributed by atoms with van der Waals surface area (Å²) in [6.45, 7) is 10.6. The van der Waals surface area contributed by atoms with Crippen LogP contribution >= 0.6 is 0 Å². The predicted molar refractivity (Wildman–Crippen MR) is 92.4 cm³/mol. The van der Waals surface area contributed by atoms with Crippen molar-refractivity contribution < 1.29 is 18.0 Å². The quantitative estimate of drug-likeness (QED) is 0.674. The van der Waals surface area contributed by atoms with Crippen LogP contribution in [0.2, 0.25) is 0 Å². The third kappa shape index (κ3) is 6.22. The normalized spacial score (nSPS) is 14.2. The van der Waals surface area contributed by atoms with Gasteiger partial charge in [0.05, 0.1) is 6.26 Å². The minimum atomic E-state index is -3.36. The first-order valence-corrected chi connectivity index (χ1v) is 9.88. The fourth-order valence-corrected chi connectivity index (χ4v) is 3.78. The van der Waals surface area contributed by atoms with Crippen molar-refractivity contribution in [2.75, 3.05) is 13.3 Å². The first-order valence-electron chi connectivity index (χ1n) is 8.03. The number of hydrogen-bond acceptors (Lipinski definition) is 4. The molecule has 0 N–H and O–H groups in total. The Balaban J connectivity index is 5.49. The Kier molecular flexibility index (Phi) is 7.90. The molecule has 0 radical (unpaired) electrons. The van der Waals surface area contributed by atoms with Gasteiger partial charge in [-0.15, -0.1) is 0 Å². The van der Waals surface area contributed by atoms with Gasteiger partial charge in [-0.1, -0.05) is 13.3 Å². The SMILES string of the molecule is CCCC(CC(C)(C)N(C)S(C)(=O)=O)C(=O)N(C(C)=O)C(C)C. The molecule has 0 rings (SSSR count). The molecule has 7 heteroatoms. The van der Waals surface area contributed by atoms with Crippen LogP contribution in [0.4, 0.5) is 0 Å². The van der Waals surface area contributed by atoms with E-state index in [1.807, 2.05) is 6.92 Å². The smallest absolute Gasteiger partial charge is 0.232 e. The standard InChI is InChI=1S/C16H32N2O4S/c1-9-10-14(15(20)18(12(2)3)13(4)19)11-16(5,6)17(7)23(8,21)22/h12,14H,9-11H2,1-8H3. The summed E-state index contributed by atoms with van der Waals surface area (Å²) in [5, 5.41) is 0. The maximum atomic E-state index is 12.8. The molecule has 0 saturated carbocycles. The van der Waals surface area contributed by atoms with Gasteiger partial charge in [0.1, 0.15) is 0 Å². The van der Waals surface area contributed by atoms with E-state index in [4.69, 9.17) is 0 Å². The molecule has 0 fully saturated rings. The summed E-state index contributed by atoms with van der Waals surface area (Å²) in [6, 6.07) is -0.213. The van der Waals surface area contributed by atoms with Gasteiger partial charge in [-0.2, -0.15) is 4.31 Å². The van der Waals surface area contributed by atoms with E-state index >= 15 is 0 Å². The number of rotatable bonds is 8. The number of sulfonamides is 1. The zero-order chi connectivity index (χ0) is 18.6. The van der Waals surface area contributed by atoms with Gasteiger partial charge in [-0.05, 0) is 40.5 Å². The van der Waals surface area contributed by atoms with Crippen molar-refractivity contribution in [1.29, 1.82) is 0 Å². The summed E-state index contributed by atoms with van der Waals surface area (Å²) < 4.78 is 24.9. The van der Waals surface area contributed by atoms with E-state index in [0.717, 1.165) is 12.7 Å². The van der Waals surface area contributed by atoms with Crippen LogP contribution in [0.15, 0.2) is 0 Å². The summed E-state index contributed by atoms with van der Waals surface area (Å²) in [4.78, 5) is 25.9. The van der Waals surface area contributed by atoms with E-state index in [-0.39, 0.29) is 23.8 Å². The van der Waals surface area contributed by atoms with Crippen LogP contribution in [0.3, 0.4) is 0 Å². The van der Waals surface area contributed by atoms with Crippen LogP contribution in [0.25, 0.3) is 0 Å². The molecule has 0 aliphatic rings. The minimum absolute atomic E-state index is 0.213. The maximum absolute atomic E-state index is 12.8. The lowest BCUT2D eigenvalue weighted by Gasteiger charge is -2.37. The van der Waals surface area contributed by atoms with Crippen LogP contribution in [0.1, 0.15) is 60.8 Å². The number of imide groups is 1. The van der Waals surface area contributed by atoms with Gasteiger partial charge in [0.2, 0.25) is 21.8 Å². The van der Waals surface area contributed by atoms with Crippen LogP contribution in [0, 0.1) is 5.92 Å². The molecule has 0 aromatic carbocycles. The molecular weight excluding hydrogens is 316 g/mol. The molecule has 0 spiro atoms. The highest BCUT2D eigenvalue weighted by molar-refractivity contribution is 7.88. The molecule has 2 amide bonds. The number of nitrogens with zero attached hydrogens (tertiary/aromatic N) is 2. The molecule has 0 saturated heterocycles. The fourth-order valence-electron chi connectivity index (χ4n) is 2.81. The molecule has 0 aromatic rings. The fraction of sp³-hybridized carbons (Fsp3) is 0.875. The summed E-state index contributed by atoms with van der Waals surface area (Å²) >= 11 is 0. The summed E-state index contributed by atoms with van der Waals surface area (Å²) in [7, 11) is -1.84. The number of hydrogen-bond donors (Lipinski definition) is 0. The molecule has 0 aliphatic carbocycles. The monoisotopic (exact) mass is 348 g/mol. The Morgan fingerprint density at radius 3 is 1.96 bits per heavy atom. The first-order chi connectivity index (χ1) is 10.3. The maximum Gasteiger partial charge on any atom is 0.232 e. The average Bonchev–Trinajstić information content (AvgIpc) is 2.34. The van der Waals surface area contributed by atoms with Gasteiger partial charge in [0, 0.05) is 31.5 Å². The number of carbonyl (C=O) groups is 2. The topological polar surface area (TPSA) is 74.8 Å². The molecule has 6 nitrogen and oxygen atoms in total. The molecular formula is C16H32N2O4S. The van der Waals surface area contributed by atoms with Crippen LogP contribution in [0.5, 0.6) is 0 Å². The van der Waals surface area contributed by atoms with Crippen molar-refractivity contribution in [3.63, 3.8) is 0 Å². The highest BCUT2D eigenvalue weighted by atomic mass is 32.2. The summed E-state index contributed by atoms with van der Waals surface area (Å²) in [5.74, 6) is -0.879. The van der Waals surface area contributed by atoms with Crippen molar-refractivity contribution in [2.24, 2.45) is 5.92 Å². The zero-order valence-electron chi connectivity index (χ0n) is 15.7. The Morgan fingerprint density at radius 1 is 1.17 bits per heavy atom. The number of amides is 2. The van der Waals surface area contributed by atoms with Gasteiger partial charge in [-0.3, -0.25) is 14.5 Å². The van der Waals surface area contributed by atoms with Gasteiger partial charge < -0.3 is 0 Å². The second kappa shape index (κ2) is 8.24. The molecule has 136 valence electrons. The molecule has 0 aromatic heterocycles. The molecule has 0 aliphatic heterocycles. The predicted octanol–water partition coefficient (Wildman–Crippen LogP) is 2.25. The molecule has 1 unspecified atom stereocenters. The van der Waals surface area contributed by atoms with Crippen molar-refractivity contribution >= 4 is 21.8 Å². The van der Waals surface area contributed by atoms with Gasteiger partial charge in [-0.25, -0.2) is 8.42 Å². The van der Waals surface area contributed by atoms with Gasteiger partial charge in [0.25, 0.3) is 0 Å². The Bertz CT molecular complexity index is 526. The zero-order valence-corrected chi connectivity index (χ0v) is 16.5. The van der Waals surface area contributed by atoms with Crippen LogP contribution in [-0.2, 0) is 19.6 Å². The van der Waals surface area contributed by atoms with E-state index < -0.39 is 15.6 Å². The molecule has 23 heavy (non-hydrogen) atoms. The lowest BCUT2D eigenvalue weighted by atomic mass is 9.86. The summed E-state index contributed by atoms with van der Waals surface area (Å²) in [5.41, 5.74) is -0.706. The third-order valence-electron chi connectivity index (χ3n) is 4.18. The van der Waals surface area contributed by atoms with Crippen molar-refractivity contribution in [3.05, 3.63) is 0 Å². The Morgan fingerprint density at radius 2 is 1.65 bits per heavy atom. The molecule has 0 heterocycles. The van der Waals surface area contributed by atoms with Crippen molar-refractivity contribution in [2.45, 2.75) is 72.4 Å². The van der Waals surface area contributed by atoms with Gasteiger partial charge in [0.15, 0.2) is 0 Å². The van der Waals surface area contributed by atoms with E-state index in [9.17, 15) is 18.0 Å². The lowest BCUT2D eigenvalue weighted by Crippen LogP contribution is -2.49. The first kappa shape index (κ1) is 22.1. The Labute approximate surface area is 141 Å². The van der Waals surface area contributed by atoms with E-state index in [1.165, 1.54) is 23.2 Å². The van der Waals surface area contributed by atoms with E-state index in [2.05, 4.69) is 0 Å². The van der Waals surface area contributed by atoms with E-state index in [1.54, 1.807) is 27.7 Å². The third-order valence-corrected chi connectivity index (χ3v) is 5.66. The Hall–Kier alpha value is -0.950. The number of carbonyl (C=O) groups excluding carboxylic acids is 2. The van der Waals surface area contributed by atoms with E-state index in [0.29, 0.717) is 12.8 Å². The highest BCUT2D eigenvalue weighted by Crippen LogP contribution is 2.29. The van der Waals surface area contributed by atoms with Crippen LogP contribution < -0.4 is 0 Å². The lowest BCUT2D eigenvalue weighted by molar-refractivity contribution is -0.149. The second-order valence-electron chi connectivity index (χ2n) is 7.05. The van der Waals surface area contributed by atoms with Crippen LogP contribution in [-0.4, -0.2) is 54.3 Å². The van der Waals surface area contributed by atoms with Crippen molar-refractivity contribution in [3.8, 4) is 0 Å². The average molecular weight is 349 g/mol. The van der Waals surface area contributed by atoms with Gasteiger partial charge >= 0.3 is 0 Å².